The lowest BCUT2D eigenvalue weighted by atomic mass is 10.0. The minimum absolute atomic E-state index is 0.462. The van der Waals surface area contributed by atoms with E-state index in [-0.39, 0.29) is 0 Å². The Morgan fingerprint density at radius 3 is 2.57 bits per heavy atom. The predicted octanol–water partition coefficient (Wildman–Crippen LogP) is 2.44. The van der Waals surface area contributed by atoms with Crippen LogP contribution in [-0.2, 0) is 4.74 Å². The van der Waals surface area contributed by atoms with Gasteiger partial charge in [0, 0.05) is 13.2 Å². The molecule has 1 saturated heterocycles. The topological polar surface area (TPSA) is 21.3 Å². The molecular weight excluding hydrogens is 174 g/mol. The highest BCUT2D eigenvalue weighted by atomic mass is 16.5. The highest BCUT2D eigenvalue weighted by Gasteiger charge is 2.23. The van der Waals surface area contributed by atoms with Crippen LogP contribution in [0, 0.1) is 11.8 Å². The molecule has 1 heterocycles. The second-order valence-corrected chi connectivity index (χ2v) is 4.47. The minimum atomic E-state index is 0.462. The first kappa shape index (κ1) is 12.0. The second kappa shape index (κ2) is 6.41. The molecule has 1 aliphatic heterocycles. The van der Waals surface area contributed by atoms with Gasteiger partial charge in [-0.05, 0) is 31.7 Å². The summed E-state index contributed by atoms with van der Waals surface area (Å²) >= 11 is 0. The monoisotopic (exact) mass is 199 g/mol. The van der Waals surface area contributed by atoms with E-state index in [4.69, 9.17) is 4.74 Å². The molecule has 1 fully saturated rings. The molecule has 2 nitrogen and oxygen atoms in total. The van der Waals surface area contributed by atoms with Crippen LogP contribution < -0.4 is 5.32 Å². The Kier molecular flexibility index (Phi) is 5.49. The van der Waals surface area contributed by atoms with Crippen LogP contribution in [0.4, 0.5) is 0 Å². The summed E-state index contributed by atoms with van der Waals surface area (Å²) in [7, 11) is 0. The maximum Gasteiger partial charge on any atom is 0.0588 e. The molecule has 84 valence electrons. The smallest absolute Gasteiger partial charge is 0.0588 e. The van der Waals surface area contributed by atoms with Crippen LogP contribution in [-0.4, -0.2) is 25.8 Å². The Morgan fingerprint density at radius 2 is 2.07 bits per heavy atom. The standard InChI is InChI=1S/C12H25NO/c1-4-11(5-2)8-13-9-12-6-7-14-10(12)3/h10-13H,4-9H2,1-3H3. The van der Waals surface area contributed by atoms with Crippen LogP contribution in [0.3, 0.4) is 0 Å². The first-order valence-corrected chi connectivity index (χ1v) is 6.10. The van der Waals surface area contributed by atoms with Crippen LogP contribution in [0.5, 0.6) is 0 Å². The normalized spacial score (nSPS) is 27.4. The Balaban J connectivity index is 2.08. The van der Waals surface area contributed by atoms with Gasteiger partial charge in [0.1, 0.15) is 0 Å². The van der Waals surface area contributed by atoms with Crippen molar-refractivity contribution >= 4 is 0 Å². The summed E-state index contributed by atoms with van der Waals surface area (Å²) in [5.74, 6) is 1.59. The highest BCUT2D eigenvalue weighted by molar-refractivity contribution is 4.74. The number of rotatable bonds is 6. The Labute approximate surface area is 88.4 Å². The molecule has 0 aromatic carbocycles. The van der Waals surface area contributed by atoms with E-state index in [1.807, 2.05) is 0 Å². The fourth-order valence-electron chi connectivity index (χ4n) is 2.09. The molecule has 2 unspecified atom stereocenters. The van der Waals surface area contributed by atoms with Gasteiger partial charge in [-0.15, -0.1) is 0 Å². The molecule has 0 aromatic rings. The molecule has 0 radical (unpaired) electrons. The van der Waals surface area contributed by atoms with E-state index < -0.39 is 0 Å². The van der Waals surface area contributed by atoms with E-state index >= 15 is 0 Å². The van der Waals surface area contributed by atoms with Crippen molar-refractivity contribution in [2.45, 2.75) is 46.1 Å². The van der Waals surface area contributed by atoms with Crippen molar-refractivity contribution < 1.29 is 4.74 Å². The third-order valence-electron chi connectivity index (χ3n) is 3.53. The van der Waals surface area contributed by atoms with E-state index in [0.717, 1.165) is 25.0 Å². The van der Waals surface area contributed by atoms with Crippen molar-refractivity contribution in [3.8, 4) is 0 Å². The van der Waals surface area contributed by atoms with Gasteiger partial charge in [-0.1, -0.05) is 26.7 Å². The van der Waals surface area contributed by atoms with Crippen molar-refractivity contribution in [1.82, 2.24) is 5.32 Å². The molecule has 0 bridgehead atoms. The predicted molar refractivity (Wildman–Crippen MR) is 60.5 cm³/mol. The molecular formula is C12H25NO. The van der Waals surface area contributed by atoms with Crippen LogP contribution in [0.15, 0.2) is 0 Å². The zero-order chi connectivity index (χ0) is 10.4. The van der Waals surface area contributed by atoms with Gasteiger partial charge in [0.15, 0.2) is 0 Å². The number of hydrogen-bond acceptors (Lipinski definition) is 2. The van der Waals surface area contributed by atoms with Crippen molar-refractivity contribution in [3.05, 3.63) is 0 Å². The minimum Gasteiger partial charge on any atom is -0.378 e. The van der Waals surface area contributed by atoms with E-state index in [0.29, 0.717) is 6.10 Å². The zero-order valence-corrected chi connectivity index (χ0v) is 9.88. The van der Waals surface area contributed by atoms with Crippen molar-refractivity contribution in [2.24, 2.45) is 11.8 Å². The fraction of sp³-hybridized carbons (Fsp3) is 1.00. The Bertz CT molecular complexity index is 145. The maximum atomic E-state index is 5.54. The summed E-state index contributed by atoms with van der Waals surface area (Å²) < 4.78 is 5.54. The number of ether oxygens (including phenoxy) is 1. The quantitative estimate of drug-likeness (QED) is 0.709. The van der Waals surface area contributed by atoms with Crippen molar-refractivity contribution in [3.63, 3.8) is 0 Å². The van der Waals surface area contributed by atoms with Crippen molar-refractivity contribution in [1.29, 1.82) is 0 Å². The second-order valence-electron chi connectivity index (χ2n) is 4.47. The van der Waals surface area contributed by atoms with E-state index in [2.05, 4.69) is 26.1 Å². The average Bonchev–Trinajstić information content (AvgIpc) is 2.59. The van der Waals surface area contributed by atoms with Crippen LogP contribution >= 0.6 is 0 Å². The SMILES string of the molecule is CCC(CC)CNCC1CCOC1C. The molecule has 0 saturated carbocycles. The van der Waals surface area contributed by atoms with Gasteiger partial charge >= 0.3 is 0 Å². The van der Waals surface area contributed by atoms with Gasteiger partial charge in [-0.25, -0.2) is 0 Å². The number of hydrogen-bond donors (Lipinski definition) is 1. The summed E-state index contributed by atoms with van der Waals surface area (Å²) in [5.41, 5.74) is 0. The molecule has 1 rings (SSSR count). The maximum absolute atomic E-state index is 5.54. The van der Waals surface area contributed by atoms with Gasteiger partial charge in [-0.2, -0.15) is 0 Å². The first-order valence-electron chi connectivity index (χ1n) is 6.10. The van der Waals surface area contributed by atoms with Crippen LogP contribution in [0.1, 0.15) is 40.0 Å². The zero-order valence-electron chi connectivity index (χ0n) is 9.88. The highest BCUT2D eigenvalue weighted by Crippen LogP contribution is 2.19. The fourth-order valence-corrected chi connectivity index (χ4v) is 2.09. The van der Waals surface area contributed by atoms with E-state index in [1.165, 1.54) is 25.8 Å². The third-order valence-corrected chi connectivity index (χ3v) is 3.53. The van der Waals surface area contributed by atoms with Crippen LogP contribution in [0.25, 0.3) is 0 Å². The Morgan fingerprint density at radius 1 is 1.36 bits per heavy atom. The van der Waals surface area contributed by atoms with Crippen molar-refractivity contribution in [2.75, 3.05) is 19.7 Å². The first-order chi connectivity index (χ1) is 6.77. The largest absolute Gasteiger partial charge is 0.378 e. The number of nitrogens with one attached hydrogen (secondary N) is 1. The average molecular weight is 199 g/mol. The van der Waals surface area contributed by atoms with E-state index in [1.54, 1.807) is 0 Å². The summed E-state index contributed by atoms with van der Waals surface area (Å²) in [6, 6.07) is 0. The van der Waals surface area contributed by atoms with Gasteiger partial charge in [0.05, 0.1) is 6.10 Å². The lowest BCUT2D eigenvalue weighted by Crippen LogP contribution is -2.30. The summed E-state index contributed by atoms with van der Waals surface area (Å²) in [5, 5.41) is 3.58. The molecule has 14 heavy (non-hydrogen) atoms. The third kappa shape index (κ3) is 3.58. The van der Waals surface area contributed by atoms with E-state index in [9.17, 15) is 0 Å². The lowest BCUT2D eigenvalue weighted by Gasteiger charge is -2.18. The van der Waals surface area contributed by atoms with Crippen LogP contribution in [0.2, 0.25) is 0 Å². The summed E-state index contributed by atoms with van der Waals surface area (Å²) in [4.78, 5) is 0. The molecule has 1 aliphatic rings. The summed E-state index contributed by atoms with van der Waals surface area (Å²) in [6.07, 6.45) is 4.28. The molecule has 2 heteroatoms. The molecule has 0 aromatic heterocycles. The van der Waals surface area contributed by atoms with Gasteiger partial charge < -0.3 is 10.1 Å². The summed E-state index contributed by atoms with van der Waals surface area (Å²) in [6.45, 7) is 10.0. The van der Waals surface area contributed by atoms with Gasteiger partial charge in [-0.3, -0.25) is 0 Å². The molecule has 2 atom stereocenters. The molecule has 1 N–H and O–H groups in total. The molecule has 0 spiro atoms. The Hall–Kier alpha value is -0.0800. The lowest BCUT2D eigenvalue weighted by molar-refractivity contribution is 0.105. The molecule has 0 aliphatic carbocycles. The van der Waals surface area contributed by atoms with Gasteiger partial charge in [0.2, 0.25) is 0 Å². The van der Waals surface area contributed by atoms with Gasteiger partial charge in [0.25, 0.3) is 0 Å². The molecule has 0 amide bonds.